The van der Waals surface area contributed by atoms with Gasteiger partial charge in [-0.15, -0.1) is 10.2 Å². The molecule has 0 fully saturated rings. The zero-order valence-electron chi connectivity index (χ0n) is 16.5. The Morgan fingerprint density at radius 3 is 2.75 bits per heavy atom. The van der Waals surface area contributed by atoms with E-state index >= 15 is 0 Å². The molecular weight excluding hydrogens is 370 g/mol. The average Bonchev–Trinajstić information content (AvgIpc) is 3.26. The third kappa shape index (κ3) is 3.75. The van der Waals surface area contributed by atoms with Crippen LogP contribution in [0.3, 0.4) is 0 Å². The van der Waals surface area contributed by atoms with E-state index in [1.54, 1.807) is 11.8 Å². The Kier molecular flexibility index (Phi) is 5.09. The van der Waals surface area contributed by atoms with Gasteiger partial charge in [-0.05, 0) is 56.2 Å². The fourth-order valence-corrected chi connectivity index (χ4v) is 3.85. The first kappa shape index (κ1) is 18.6. The minimum absolute atomic E-state index is 0.191. The lowest BCUT2D eigenvalue weighted by Crippen LogP contribution is -2.10. The number of thioether (sulfide) groups is 1. The number of ether oxygens (including phenoxy) is 1. The normalized spacial score (nSPS) is 12.4. The lowest BCUT2D eigenvalue weighted by molar-refractivity contribution is 0.211. The van der Waals surface area contributed by atoms with Gasteiger partial charge in [-0.1, -0.05) is 23.9 Å². The van der Waals surface area contributed by atoms with Gasteiger partial charge in [0.25, 0.3) is 0 Å². The topological polar surface area (TPSA) is 57.2 Å². The quantitative estimate of drug-likeness (QED) is 0.451. The molecule has 28 heavy (non-hydrogen) atoms. The summed E-state index contributed by atoms with van der Waals surface area (Å²) in [5.74, 6) is 2.38. The first-order valence-electron chi connectivity index (χ1n) is 9.20. The number of benzene rings is 1. The minimum Gasteiger partial charge on any atom is -0.483 e. The zero-order chi connectivity index (χ0) is 19.7. The van der Waals surface area contributed by atoms with Crippen LogP contribution in [0.1, 0.15) is 35.7 Å². The number of aryl methyl sites for hydroxylation is 2. The van der Waals surface area contributed by atoms with Crippen LogP contribution in [-0.2, 0) is 12.8 Å². The summed E-state index contributed by atoms with van der Waals surface area (Å²) < 4.78 is 10.1. The number of pyridine rings is 1. The van der Waals surface area contributed by atoms with E-state index in [1.165, 1.54) is 11.1 Å². The number of hydrogen-bond donors (Lipinski definition) is 0. The van der Waals surface area contributed by atoms with E-state index in [9.17, 15) is 0 Å². The molecule has 6 nitrogen and oxygen atoms in total. The zero-order valence-corrected chi connectivity index (χ0v) is 17.3. The number of fused-ring (bicyclic) bond motifs is 1. The standard InChI is InChI=1S/C21H23N5OS/c1-14-8-9-18(11-15(14)2)27-16(3)20-23-24-21(25(20)4)28-13-17-12-26-10-6-5-7-19(26)22-17/h5-12,16H,13H2,1-4H3. The van der Waals surface area contributed by atoms with Crippen molar-refractivity contribution in [1.29, 1.82) is 0 Å². The van der Waals surface area contributed by atoms with Crippen LogP contribution in [0.25, 0.3) is 5.65 Å². The van der Waals surface area contributed by atoms with Crippen LogP contribution in [-0.4, -0.2) is 24.1 Å². The summed E-state index contributed by atoms with van der Waals surface area (Å²) in [6, 6.07) is 12.1. The molecule has 0 aliphatic rings. The Hall–Kier alpha value is -2.80. The summed E-state index contributed by atoms with van der Waals surface area (Å²) in [5.41, 5.74) is 4.43. The van der Waals surface area contributed by atoms with E-state index in [0.717, 1.165) is 33.8 Å². The minimum atomic E-state index is -0.191. The van der Waals surface area contributed by atoms with Crippen molar-refractivity contribution in [2.45, 2.75) is 37.8 Å². The summed E-state index contributed by atoms with van der Waals surface area (Å²) in [7, 11) is 1.97. The highest BCUT2D eigenvalue weighted by molar-refractivity contribution is 7.98. The van der Waals surface area contributed by atoms with Crippen molar-refractivity contribution in [3.63, 3.8) is 0 Å². The van der Waals surface area contributed by atoms with E-state index in [-0.39, 0.29) is 6.10 Å². The smallest absolute Gasteiger partial charge is 0.191 e. The highest BCUT2D eigenvalue weighted by Gasteiger charge is 2.18. The fraction of sp³-hybridized carbons (Fsp3) is 0.286. The van der Waals surface area contributed by atoms with E-state index in [2.05, 4.69) is 41.2 Å². The second-order valence-corrected chi connectivity index (χ2v) is 7.84. The molecule has 4 aromatic rings. The molecule has 144 valence electrons. The summed E-state index contributed by atoms with van der Waals surface area (Å²) in [5, 5.41) is 9.54. The van der Waals surface area contributed by atoms with E-state index in [1.807, 2.05) is 59.6 Å². The fourth-order valence-electron chi connectivity index (χ4n) is 3.05. The molecule has 1 aromatic carbocycles. The molecule has 0 radical (unpaired) electrons. The Bertz CT molecular complexity index is 1080. The molecule has 0 spiro atoms. The van der Waals surface area contributed by atoms with Crippen molar-refractivity contribution >= 4 is 17.4 Å². The average molecular weight is 394 g/mol. The summed E-state index contributed by atoms with van der Waals surface area (Å²) in [4.78, 5) is 4.63. The molecule has 0 saturated heterocycles. The van der Waals surface area contributed by atoms with Gasteiger partial charge in [-0.2, -0.15) is 0 Å². The molecule has 1 atom stereocenters. The van der Waals surface area contributed by atoms with Gasteiger partial charge < -0.3 is 13.7 Å². The van der Waals surface area contributed by atoms with Crippen LogP contribution in [0.4, 0.5) is 0 Å². The molecule has 0 N–H and O–H groups in total. The number of hydrogen-bond acceptors (Lipinski definition) is 5. The van der Waals surface area contributed by atoms with E-state index < -0.39 is 0 Å². The van der Waals surface area contributed by atoms with Gasteiger partial charge in [-0.25, -0.2) is 4.98 Å². The van der Waals surface area contributed by atoms with Crippen LogP contribution >= 0.6 is 11.8 Å². The largest absolute Gasteiger partial charge is 0.483 e. The van der Waals surface area contributed by atoms with Crippen LogP contribution in [0.15, 0.2) is 53.9 Å². The highest BCUT2D eigenvalue weighted by Crippen LogP contribution is 2.26. The molecule has 3 aromatic heterocycles. The van der Waals surface area contributed by atoms with Crippen molar-refractivity contribution in [3.05, 3.63) is 71.4 Å². The van der Waals surface area contributed by atoms with Crippen molar-refractivity contribution in [2.75, 3.05) is 0 Å². The van der Waals surface area contributed by atoms with Crippen LogP contribution in [0.5, 0.6) is 5.75 Å². The molecule has 0 bridgehead atoms. The molecule has 3 heterocycles. The van der Waals surface area contributed by atoms with Gasteiger partial charge in [0.15, 0.2) is 17.1 Å². The number of aromatic nitrogens is 5. The predicted molar refractivity (Wildman–Crippen MR) is 111 cm³/mol. The van der Waals surface area contributed by atoms with Gasteiger partial charge in [0, 0.05) is 25.2 Å². The maximum Gasteiger partial charge on any atom is 0.191 e. The van der Waals surface area contributed by atoms with Crippen molar-refractivity contribution in [2.24, 2.45) is 7.05 Å². The molecule has 0 saturated carbocycles. The molecule has 1 unspecified atom stereocenters. The van der Waals surface area contributed by atoms with Crippen molar-refractivity contribution in [1.82, 2.24) is 24.1 Å². The monoisotopic (exact) mass is 393 g/mol. The summed E-state index contributed by atoms with van der Waals surface area (Å²) in [6.45, 7) is 6.18. The second-order valence-electron chi connectivity index (χ2n) is 6.89. The van der Waals surface area contributed by atoms with Gasteiger partial charge in [-0.3, -0.25) is 0 Å². The van der Waals surface area contributed by atoms with Gasteiger partial charge in [0.1, 0.15) is 11.4 Å². The van der Waals surface area contributed by atoms with Crippen molar-refractivity contribution < 1.29 is 4.74 Å². The Labute approximate surface area is 168 Å². The van der Waals surface area contributed by atoms with E-state index in [4.69, 9.17) is 4.74 Å². The number of nitrogens with zero attached hydrogens (tertiary/aromatic N) is 5. The SMILES string of the molecule is Cc1ccc(OC(C)c2nnc(SCc3cn4ccccc4n3)n2C)cc1C. The molecule has 0 amide bonds. The highest BCUT2D eigenvalue weighted by atomic mass is 32.2. The third-order valence-electron chi connectivity index (χ3n) is 4.79. The van der Waals surface area contributed by atoms with E-state index in [0.29, 0.717) is 0 Å². The number of rotatable bonds is 6. The lowest BCUT2D eigenvalue weighted by atomic mass is 10.1. The molecule has 4 rings (SSSR count). The van der Waals surface area contributed by atoms with Gasteiger partial charge in [0.2, 0.25) is 0 Å². The molecule has 0 aliphatic heterocycles. The first-order chi connectivity index (χ1) is 13.5. The summed E-state index contributed by atoms with van der Waals surface area (Å²) in [6.07, 6.45) is 3.86. The Morgan fingerprint density at radius 1 is 1.11 bits per heavy atom. The van der Waals surface area contributed by atoms with Gasteiger partial charge >= 0.3 is 0 Å². The Balaban J connectivity index is 1.44. The van der Waals surface area contributed by atoms with Crippen LogP contribution < -0.4 is 4.74 Å². The van der Waals surface area contributed by atoms with Crippen molar-refractivity contribution in [3.8, 4) is 5.75 Å². The van der Waals surface area contributed by atoms with Crippen LogP contribution in [0, 0.1) is 13.8 Å². The molecular formula is C21H23N5OS. The Morgan fingerprint density at radius 2 is 1.96 bits per heavy atom. The van der Waals surface area contributed by atoms with Crippen LogP contribution in [0.2, 0.25) is 0 Å². The maximum absolute atomic E-state index is 6.08. The molecule has 7 heteroatoms. The third-order valence-corrected chi connectivity index (χ3v) is 5.84. The lowest BCUT2D eigenvalue weighted by Gasteiger charge is -2.15. The second kappa shape index (κ2) is 7.67. The predicted octanol–water partition coefficient (Wildman–Crippen LogP) is 4.51. The molecule has 0 aliphatic carbocycles. The van der Waals surface area contributed by atoms with Gasteiger partial charge in [0.05, 0.1) is 5.69 Å². The summed E-state index contributed by atoms with van der Waals surface area (Å²) >= 11 is 1.62. The number of imidazole rings is 1. The first-order valence-corrected chi connectivity index (χ1v) is 10.2. The maximum atomic E-state index is 6.08.